The molecule has 17 heavy (non-hydrogen) atoms. The molecule has 5 heteroatoms. The Morgan fingerprint density at radius 3 is 2.94 bits per heavy atom. The number of nitrogens with zero attached hydrogens (tertiary/aromatic N) is 1. The lowest BCUT2D eigenvalue weighted by Crippen LogP contribution is -2.48. The standard InChI is InChI=1S/C12H19N3O2/c1-4-6-12(2,13)11(16)15-9-8-14-7-5-10(9)17-3/h5,7-8H,4,6,13H2,1-3H3,(H,15,16). The van der Waals surface area contributed by atoms with Crippen molar-refractivity contribution in [2.75, 3.05) is 12.4 Å². The van der Waals surface area contributed by atoms with Crippen molar-refractivity contribution >= 4 is 11.6 Å². The second kappa shape index (κ2) is 5.63. The molecule has 0 spiro atoms. The molecule has 94 valence electrons. The second-order valence-electron chi connectivity index (χ2n) is 4.20. The first-order chi connectivity index (χ1) is 8.01. The SMILES string of the molecule is CCCC(C)(N)C(=O)Nc1cnccc1OC. The first kappa shape index (κ1) is 13.4. The Morgan fingerprint density at radius 2 is 2.35 bits per heavy atom. The predicted molar refractivity (Wildman–Crippen MR) is 66.9 cm³/mol. The lowest BCUT2D eigenvalue weighted by atomic mass is 9.96. The van der Waals surface area contributed by atoms with E-state index in [1.807, 2.05) is 6.92 Å². The van der Waals surface area contributed by atoms with Gasteiger partial charge in [-0.05, 0) is 13.3 Å². The van der Waals surface area contributed by atoms with Crippen LogP contribution in [0.4, 0.5) is 5.69 Å². The van der Waals surface area contributed by atoms with Crippen LogP contribution in [0.3, 0.4) is 0 Å². The van der Waals surface area contributed by atoms with Crippen LogP contribution in [0.5, 0.6) is 5.75 Å². The molecule has 1 unspecified atom stereocenters. The average molecular weight is 237 g/mol. The van der Waals surface area contributed by atoms with E-state index in [2.05, 4.69) is 10.3 Å². The maximum atomic E-state index is 12.0. The lowest BCUT2D eigenvalue weighted by molar-refractivity contribution is -0.120. The average Bonchev–Trinajstić information content (AvgIpc) is 2.29. The zero-order valence-electron chi connectivity index (χ0n) is 10.5. The van der Waals surface area contributed by atoms with Crippen molar-refractivity contribution in [2.24, 2.45) is 5.73 Å². The molecule has 1 atom stereocenters. The molecule has 0 saturated heterocycles. The number of carbonyl (C=O) groups excluding carboxylic acids is 1. The molecule has 0 saturated carbocycles. The van der Waals surface area contributed by atoms with Crippen LogP contribution in [0.1, 0.15) is 26.7 Å². The molecule has 1 heterocycles. The summed E-state index contributed by atoms with van der Waals surface area (Å²) in [6.07, 6.45) is 4.62. The maximum Gasteiger partial charge on any atom is 0.244 e. The molecule has 0 aliphatic heterocycles. The number of methoxy groups -OCH3 is 1. The normalized spacial score (nSPS) is 13.9. The monoisotopic (exact) mass is 237 g/mol. The minimum absolute atomic E-state index is 0.231. The summed E-state index contributed by atoms with van der Waals surface area (Å²) >= 11 is 0. The van der Waals surface area contributed by atoms with Crippen LogP contribution in [0.2, 0.25) is 0 Å². The molecule has 1 rings (SSSR count). The summed E-state index contributed by atoms with van der Waals surface area (Å²) in [5.74, 6) is 0.339. The molecule has 0 aliphatic carbocycles. The summed E-state index contributed by atoms with van der Waals surface area (Å²) in [5.41, 5.74) is 5.59. The van der Waals surface area contributed by atoms with E-state index in [4.69, 9.17) is 10.5 Å². The number of carbonyl (C=O) groups is 1. The van der Waals surface area contributed by atoms with Gasteiger partial charge in [0.15, 0.2) is 0 Å². The van der Waals surface area contributed by atoms with Crippen molar-refractivity contribution in [1.82, 2.24) is 4.98 Å². The van der Waals surface area contributed by atoms with Gasteiger partial charge >= 0.3 is 0 Å². The van der Waals surface area contributed by atoms with E-state index < -0.39 is 5.54 Å². The summed E-state index contributed by atoms with van der Waals surface area (Å²) in [6.45, 7) is 3.71. The number of pyridine rings is 1. The summed E-state index contributed by atoms with van der Waals surface area (Å²) in [6, 6.07) is 1.68. The Balaban J connectivity index is 2.80. The minimum Gasteiger partial charge on any atom is -0.494 e. The Hall–Kier alpha value is -1.62. The first-order valence-electron chi connectivity index (χ1n) is 5.59. The van der Waals surface area contributed by atoms with Gasteiger partial charge in [-0.2, -0.15) is 0 Å². The van der Waals surface area contributed by atoms with E-state index in [-0.39, 0.29) is 5.91 Å². The largest absolute Gasteiger partial charge is 0.494 e. The molecule has 1 aromatic heterocycles. The second-order valence-corrected chi connectivity index (χ2v) is 4.20. The van der Waals surface area contributed by atoms with E-state index in [0.29, 0.717) is 17.9 Å². The van der Waals surface area contributed by atoms with Gasteiger partial charge < -0.3 is 15.8 Å². The Kier molecular flexibility index (Phi) is 4.45. The summed E-state index contributed by atoms with van der Waals surface area (Å²) in [4.78, 5) is 15.9. The highest BCUT2D eigenvalue weighted by molar-refractivity contribution is 5.98. The fraction of sp³-hybridized carbons (Fsp3) is 0.500. The third-order valence-corrected chi connectivity index (χ3v) is 2.54. The number of nitrogens with two attached hydrogens (primary N) is 1. The lowest BCUT2D eigenvalue weighted by Gasteiger charge is -2.23. The molecule has 0 bridgehead atoms. The third-order valence-electron chi connectivity index (χ3n) is 2.54. The molecule has 0 aliphatic rings. The minimum atomic E-state index is -0.879. The van der Waals surface area contributed by atoms with Crippen molar-refractivity contribution in [1.29, 1.82) is 0 Å². The van der Waals surface area contributed by atoms with Crippen molar-refractivity contribution in [2.45, 2.75) is 32.2 Å². The molecule has 0 aromatic carbocycles. The van der Waals surface area contributed by atoms with Gasteiger partial charge in [0.05, 0.1) is 18.8 Å². The van der Waals surface area contributed by atoms with E-state index in [1.54, 1.807) is 32.5 Å². The molecule has 1 aromatic rings. The van der Waals surface area contributed by atoms with Crippen LogP contribution in [0, 0.1) is 0 Å². The van der Waals surface area contributed by atoms with Crippen molar-refractivity contribution < 1.29 is 9.53 Å². The van der Waals surface area contributed by atoms with E-state index in [0.717, 1.165) is 6.42 Å². The highest BCUT2D eigenvalue weighted by Crippen LogP contribution is 2.23. The fourth-order valence-corrected chi connectivity index (χ4v) is 1.55. The van der Waals surface area contributed by atoms with Gasteiger partial charge in [0.2, 0.25) is 5.91 Å². The van der Waals surface area contributed by atoms with Crippen LogP contribution in [-0.4, -0.2) is 23.5 Å². The first-order valence-corrected chi connectivity index (χ1v) is 5.59. The van der Waals surface area contributed by atoms with E-state index >= 15 is 0 Å². The maximum absolute atomic E-state index is 12.0. The number of rotatable bonds is 5. The number of anilines is 1. The van der Waals surface area contributed by atoms with Crippen LogP contribution < -0.4 is 15.8 Å². The van der Waals surface area contributed by atoms with Gasteiger partial charge in [-0.15, -0.1) is 0 Å². The summed E-state index contributed by atoms with van der Waals surface area (Å²) < 4.78 is 5.12. The summed E-state index contributed by atoms with van der Waals surface area (Å²) in [7, 11) is 1.54. The number of ether oxygens (including phenoxy) is 1. The van der Waals surface area contributed by atoms with Crippen molar-refractivity contribution in [3.05, 3.63) is 18.5 Å². The quantitative estimate of drug-likeness (QED) is 0.814. The Labute approximate surface area is 101 Å². The smallest absolute Gasteiger partial charge is 0.244 e. The molecule has 3 N–H and O–H groups in total. The number of amides is 1. The highest BCUT2D eigenvalue weighted by atomic mass is 16.5. The Morgan fingerprint density at radius 1 is 1.65 bits per heavy atom. The number of aromatic nitrogens is 1. The van der Waals surface area contributed by atoms with Crippen molar-refractivity contribution in [3.63, 3.8) is 0 Å². The topological polar surface area (TPSA) is 77.2 Å². The van der Waals surface area contributed by atoms with Crippen LogP contribution >= 0.6 is 0 Å². The molecular formula is C12H19N3O2. The molecular weight excluding hydrogens is 218 g/mol. The zero-order chi connectivity index (χ0) is 12.9. The zero-order valence-corrected chi connectivity index (χ0v) is 10.5. The highest BCUT2D eigenvalue weighted by Gasteiger charge is 2.27. The molecule has 0 radical (unpaired) electrons. The number of nitrogens with one attached hydrogen (secondary N) is 1. The van der Waals surface area contributed by atoms with Gasteiger partial charge in [0.1, 0.15) is 11.4 Å². The van der Waals surface area contributed by atoms with E-state index in [1.165, 1.54) is 0 Å². The third kappa shape index (κ3) is 3.42. The fourth-order valence-electron chi connectivity index (χ4n) is 1.55. The van der Waals surface area contributed by atoms with Gasteiger partial charge in [-0.1, -0.05) is 13.3 Å². The number of hydrogen-bond donors (Lipinski definition) is 2. The predicted octanol–water partition coefficient (Wildman–Crippen LogP) is 1.55. The van der Waals surface area contributed by atoms with Crippen molar-refractivity contribution in [3.8, 4) is 5.75 Å². The van der Waals surface area contributed by atoms with Gasteiger partial charge in [0.25, 0.3) is 0 Å². The van der Waals surface area contributed by atoms with Gasteiger partial charge in [-0.25, -0.2) is 0 Å². The van der Waals surface area contributed by atoms with E-state index in [9.17, 15) is 4.79 Å². The van der Waals surface area contributed by atoms with Crippen LogP contribution in [0.25, 0.3) is 0 Å². The van der Waals surface area contributed by atoms with Gasteiger partial charge in [0, 0.05) is 12.3 Å². The van der Waals surface area contributed by atoms with Gasteiger partial charge in [-0.3, -0.25) is 9.78 Å². The molecule has 1 amide bonds. The summed E-state index contributed by atoms with van der Waals surface area (Å²) in [5, 5.41) is 2.74. The van der Waals surface area contributed by atoms with Crippen LogP contribution in [0.15, 0.2) is 18.5 Å². The molecule has 5 nitrogen and oxygen atoms in total. The molecule has 0 fully saturated rings. The number of hydrogen-bond acceptors (Lipinski definition) is 4. The Bertz CT molecular complexity index is 391. The van der Waals surface area contributed by atoms with Crippen LogP contribution in [-0.2, 0) is 4.79 Å².